The highest BCUT2D eigenvalue weighted by atomic mass is 127. The fourth-order valence-corrected chi connectivity index (χ4v) is 2.81. The summed E-state index contributed by atoms with van der Waals surface area (Å²) in [6, 6.07) is 6.16. The fraction of sp³-hybridized carbons (Fsp3) is 0.467. The third kappa shape index (κ3) is 5.24. The largest absolute Gasteiger partial charge is 0.354 e. The molecular weight excluding hydrogens is 431 g/mol. The topological polar surface area (TPSA) is 49.3 Å². The SMILES string of the molecule is CN=C(NCc1nc2cc(Cl)ccc2s1)NC(C)C(C)C.I. The maximum absolute atomic E-state index is 5.98. The van der Waals surface area contributed by atoms with Gasteiger partial charge in [0.05, 0.1) is 16.8 Å². The van der Waals surface area contributed by atoms with E-state index in [1.165, 1.54) is 0 Å². The quantitative estimate of drug-likeness (QED) is 0.414. The average Bonchev–Trinajstić information content (AvgIpc) is 2.84. The summed E-state index contributed by atoms with van der Waals surface area (Å²) in [4.78, 5) is 8.83. The Hall–Kier alpha value is -0.600. The number of aliphatic imine (C=N–C) groups is 1. The van der Waals surface area contributed by atoms with Crippen LogP contribution >= 0.6 is 46.9 Å². The van der Waals surface area contributed by atoms with E-state index in [0.717, 1.165) is 26.2 Å². The normalized spacial score (nSPS) is 13.1. The number of nitrogens with one attached hydrogen (secondary N) is 2. The molecule has 1 aromatic heterocycles. The first-order valence-electron chi connectivity index (χ1n) is 7.01. The van der Waals surface area contributed by atoms with Crippen molar-refractivity contribution < 1.29 is 0 Å². The summed E-state index contributed by atoms with van der Waals surface area (Å²) < 4.78 is 1.15. The van der Waals surface area contributed by atoms with Crippen LogP contribution < -0.4 is 10.6 Å². The Labute approximate surface area is 157 Å². The Kier molecular flexibility index (Phi) is 7.85. The second kappa shape index (κ2) is 8.88. The third-order valence-corrected chi connectivity index (χ3v) is 4.66. The number of guanidine groups is 1. The Balaban J connectivity index is 0.00000242. The molecule has 0 amide bonds. The Morgan fingerprint density at radius 3 is 2.73 bits per heavy atom. The van der Waals surface area contributed by atoms with Gasteiger partial charge in [0.15, 0.2) is 5.96 Å². The molecule has 1 aromatic carbocycles. The van der Waals surface area contributed by atoms with E-state index < -0.39 is 0 Å². The van der Waals surface area contributed by atoms with Gasteiger partial charge >= 0.3 is 0 Å². The van der Waals surface area contributed by atoms with E-state index >= 15 is 0 Å². The Morgan fingerprint density at radius 2 is 2.09 bits per heavy atom. The molecule has 0 aliphatic carbocycles. The second-order valence-corrected chi connectivity index (χ2v) is 6.87. The lowest BCUT2D eigenvalue weighted by Gasteiger charge is -2.20. The standard InChI is InChI=1S/C15H21ClN4S.HI/c1-9(2)10(3)19-15(17-4)18-8-14-20-12-7-11(16)5-6-13(12)21-14;/h5-7,9-10H,8H2,1-4H3,(H2,17,18,19);1H. The van der Waals surface area contributed by atoms with Crippen molar-refractivity contribution in [2.45, 2.75) is 33.4 Å². The highest BCUT2D eigenvalue weighted by Gasteiger charge is 2.10. The first-order chi connectivity index (χ1) is 9.99. The number of hydrogen-bond donors (Lipinski definition) is 2. The molecule has 0 saturated heterocycles. The van der Waals surface area contributed by atoms with Crippen LogP contribution in [0.2, 0.25) is 5.02 Å². The second-order valence-electron chi connectivity index (χ2n) is 5.32. The molecule has 0 radical (unpaired) electrons. The van der Waals surface area contributed by atoms with Gasteiger partial charge in [0, 0.05) is 18.1 Å². The van der Waals surface area contributed by atoms with Gasteiger partial charge in [-0.2, -0.15) is 0 Å². The van der Waals surface area contributed by atoms with Gasteiger partial charge in [-0.25, -0.2) is 4.98 Å². The number of rotatable bonds is 4. The number of aromatic nitrogens is 1. The summed E-state index contributed by atoms with van der Waals surface area (Å²) in [5, 5.41) is 8.41. The molecular formula is C15H22ClIN4S. The number of fused-ring (bicyclic) bond motifs is 1. The van der Waals surface area contributed by atoms with Crippen LogP contribution in [-0.4, -0.2) is 24.0 Å². The number of hydrogen-bond acceptors (Lipinski definition) is 3. The van der Waals surface area contributed by atoms with Crippen molar-refractivity contribution in [1.82, 2.24) is 15.6 Å². The molecule has 1 unspecified atom stereocenters. The number of thiazole rings is 1. The molecule has 122 valence electrons. The van der Waals surface area contributed by atoms with E-state index in [2.05, 4.69) is 41.4 Å². The zero-order chi connectivity index (χ0) is 15.4. The van der Waals surface area contributed by atoms with Crippen LogP contribution in [0.15, 0.2) is 23.2 Å². The molecule has 1 atom stereocenters. The molecule has 0 aliphatic heterocycles. The van der Waals surface area contributed by atoms with Crippen LogP contribution in [-0.2, 0) is 6.54 Å². The van der Waals surface area contributed by atoms with Crippen LogP contribution in [0.1, 0.15) is 25.8 Å². The van der Waals surface area contributed by atoms with Crippen molar-refractivity contribution in [3.63, 3.8) is 0 Å². The summed E-state index contributed by atoms with van der Waals surface area (Å²) >= 11 is 7.65. The molecule has 7 heteroatoms. The highest BCUT2D eigenvalue weighted by molar-refractivity contribution is 14.0. The maximum atomic E-state index is 5.98. The molecule has 0 spiro atoms. The first kappa shape index (κ1) is 19.4. The van der Waals surface area contributed by atoms with Gasteiger partial charge < -0.3 is 10.6 Å². The van der Waals surface area contributed by atoms with Gasteiger partial charge in [0.25, 0.3) is 0 Å². The van der Waals surface area contributed by atoms with Gasteiger partial charge in [-0.05, 0) is 31.0 Å². The van der Waals surface area contributed by atoms with Crippen LogP contribution in [0.25, 0.3) is 10.2 Å². The van der Waals surface area contributed by atoms with Crippen LogP contribution in [0.4, 0.5) is 0 Å². The van der Waals surface area contributed by atoms with Gasteiger partial charge in [-0.3, -0.25) is 4.99 Å². The lowest BCUT2D eigenvalue weighted by Crippen LogP contribution is -2.43. The third-order valence-electron chi connectivity index (χ3n) is 3.39. The zero-order valence-electron chi connectivity index (χ0n) is 13.2. The number of halogens is 2. The van der Waals surface area contributed by atoms with Crippen molar-refractivity contribution in [3.05, 3.63) is 28.2 Å². The molecule has 1 heterocycles. The van der Waals surface area contributed by atoms with E-state index in [9.17, 15) is 0 Å². The molecule has 0 aliphatic rings. The monoisotopic (exact) mass is 452 g/mol. The van der Waals surface area contributed by atoms with Crippen LogP contribution in [0, 0.1) is 5.92 Å². The minimum Gasteiger partial charge on any atom is -0.354 e. The summed E-state index contributed by atoms with van der Waals surface area (Å²) in [7, 11) is 1.78. The van der Waals surface area contributed by atoms with Gasteiger partial charge in [-0.1, -0.05) is 25.4 Å². The molecule has 4 nitrogen and oxygen atoms in total. The Morgan fingerprint density at radius 1 is 1.36 bits per heavy atom. The van der Waals surface area contributed by atoms with Gasteiger partial charge in [0.1, 0.15) is 5.01 Å². The van der Waals surface area contributed by atoms with E-state index in [1.54, 1.807) is 18.4 Å². The molecule has 0 fully saturated rings. The van der Waals surface area contributed by atoms with E-state index in [-0.39, 0.29) is 24.0 Å². The van der Waals surface area contributed by atoms with Crippen LogP contribution in [0.3, 0.4) is 0 Å². The number of benzene rings is 1. The summed E-state index contributed by atoms with van der Waals surface area (Å²) in [5.74, 6) is 1.35. The number of nitrogens with zero attached hydrogens (tertiary/aromatic N) is 2. The molecule has 2 aromatic rings. The lowest BCUT2D eigenvalue weighted by atomic mass is 10.1. The summed E-state index contributed by atoms with van der Waals surface area (Å²) in [5.41, 5.74) is 0.947. The van der Waals surface area contributed by atoms with E-state index in [4.69, 9.17) is 11.6 Å². The highest BCUT2D eigenvalue weighted by Crippen LogP contribution is 2.24. The lowest BCUT2D eigenvalue weighted by molar-refractivity contribution is 0.481. The maximum Gasteiger partial charge on any atom is 0.191 e. The minimum absolute atomic E-state index is 0. The summed E-state index contributed by atoms with van der Waals surface area (Å²) in [6.07, 6.45) is 0. The molecule has 2 N–H and O–H groups in total. The van der Waals surface area contributed by atoms with Crippen molar-refractivity contribution in [2.24, 2.45) is 10.9 Å². The molecule has 0 bridgehead atoms. The summed E-state index contributed by atoms with van der Waals surface area (Å²) in [6.45, 7) is 7.17. The van der Waals surface area contributed by atoms with E-state index in [1.807, 2.05) is 18.2 Å². The predicted octanol–water partition coefficient (Wildman–Crippen LogP) is 4.28. The fourth-order valence-electron chi connectivity index (χ4n) is 1.76. The molecule has 22 heavy (non-hydrogen) atoms. The first-order valence-corrected chi connectivity index (χ1v) is 8.21. The predicted molar refractivity (Wildman–Crippen MR) is 108 cm³/mol. The van der Waals surface area contributed by atoms with E-state index in [0.29, 0.717) is 18.5 Å². The van der Waals surface area contributed by atoms with Crippen molar-refractivity contribution in [3.8, 4) is 0 Å². The average molecular weight is 453 g/mol. The van der Waals surface area contributed by atoms with Crippen molar-refractivity contribution >= 4 is 63.1 Å². The zero-order valence-corrected chi connectivity index (χ0v) is 17.1. The molecule has 0 saturated carbocycles. The Bertz CT molecular complexity index is 642. The van der Waals surface area contributed by atoms with Crippen molar-refractivity contribution in [1.29, 1.82) is 0 Å². The van der Waals surface area contributed by atoms with Gasteiger partial charge in [0.2, 0.25) is 0 Å². The van der Waals surface area contributed by atoms with Crippen LogP contribution in [0.5, 0.6) is 0 Å². The minimum atomic E-state index is 0. The molecule has 2 rings (SSSR count). The van der Waals surface area contributed by atoms with Gasteiger partial charge in [-0.15, -0.1) is 35.3 Å². The smallest absolute Gasteiger partial charge is 0.191 e. The van der Waals surface area contributed by atoms with Crippen molar-refractivity contribution in [2.75, 3.05) is 7.05 Å².